The van der Waals surface area contributed by atoms with Crippen molar-refractivity contribution in [2.24, 2.45) is 0 Å². The summed E-state index contributed by atoms with van der Waals surface area (Å²) in [5, 5.41) is 10.0. The highest BCUT2D eigenvalue weighted by Crippen LogP contribution is 2.16. The molecule has 2 aromatic carbocycles. The zero-order valence-corrected chi connectivity index (χ0v) is 11.1. The normalized spacial score (nSPS) is 10.5. The molecule has 0 spiro atoms. The predicted octanol–water partition coefficient (Wildman–Crippen LogP) is 3.06. The summed E-state index contributed by atoms with van der Waals surface area (Å²) >= 11 is 0. The van der Waals surface area contributed by atoms with E-state index >= 15 is 0 Å². The van der Waals surface area contributed by atoms with E-state index in [4.69, 9.17) is 5.26 Å². The van der Waals surface area contributed by atoms with Crippen LogP contribution in [0.15, 0.2) is 59.4 Å². The van der Waals surface area contributed by atoms with Crippen LogP contribution in [0.3, 0.4) is 0 Å². The van der Waals surface area contributed by atoms with Gasteiger partial charge in [-0.1, -0.05) is 18.2 Å². The first-order chi connectivity index (χ1) is 10.2. The van der Waals surface area contributed by atoms with Crippen LogP contribution in [0.4, 0.5) is 4.39 Å². The predicted molar refractivity (Wildman–Crippen MR) is 78.4 cm³/mol. The van der Waals surface area contributed by atoms with E-state index in [1.165, 1.54) is 24.3 Å². The van der Waals surface area contributed by atoms with Gasteiger partial charge in [0.2, 0.25) is 0 Å². The maximum atomic E-state index is 13.4. The first-order valence-corrected chi connectivity index (χ1v) is 6.46. The molecule has 0 amide bonds. The first-order valence-electron chi connectivity index (χ1n) is 6.46. The van der Waals surface area contributed by atoms with Gasteiger partial charge in [0.1, 0.15) is 5.82 Å². The molecule has 0 unspecified atom stereocenters. The van der Waals surface area contributed by atoms with Crippen molar-refractivity contribution >= 4 is 10.9 Å². The molecule has 21 heavy (non-hydrogen) atoms. The number of nitriles is 1. The molecular weight excluding hydrogens is 267 g/mol. The van der Waals surface area contributed by atoms with Gasteiger partial charge in [-0.25, -0.2) is 4.39 Å². The fraction of sp³-hybridized carbons (Fsp3) is 0.0588. The summed E-state index contributed by atoms with van der Waals surface area (Å²) in [6.07, 6.45) is 0. The maximum absolute atomic E-state index is 13.4. The fourth-order valence-electron chi connectivity index (χ4n) is 2.38. The van der Waals surface area contributed by atoms with E-state index < -0.39 is 5.82 Å². The number of pyridine rings is 1. The summed E-state index contributed by atoms with van der Waals surface area (Å²) in [6.45, 7) is 0.167. The highest BCUT2D eigenvalue weighted by Gasteiger charge is 2.08. The number of halogens is 1. The van der Waals surface area contributed by atoms with Gasteiger partial charge in [-0.2, -0.15) is 5.26 Å². The highest BCUT2D eigenvalue weighted by atomic mass is 19.1. The van der Waals surface area contributed by atoms with E-state index in [0.717, 1.165) is 10.9 Å². The molecule has 0 N–H and O–H groups in total. The summed E-state index contributed by atoms with van der Waals surface area (Å²) in [7, 11) is 0. The molecule has 3 aromatic rings. The Labute approximate surface area is 120 Å². The Hall–Kier alpha value is -2.93. The molecule has 102 valence electrons. The molecule has 0 aliphatic carbocycles. The molecule has 3 rings (SSSR count). The minimum Gasteiger partial charge on any atom is -0.304 e. The molecule has 0 saturated carbocycles. The molecule has 3 nitrogen and oxygen atoms in total. The average molecular weight is 278 g/mol. The Morgan fingerprint density at radius 2 is 1.90 bits per heavy atom. The molecule has 1 aromatic heterocycles. The second kappa shape index (κ2) is 5.22. The SMILES string of the molecule is N#Cc1ccc(F)cc1Cn1c(=O)ccc2ccccc21. The lowest BCUT2D eigenvalue weighted by molar-refractivity contribution is 0.623. The van der Waals surface area contributed by atoms with Crippen molar-refractivity contribution in [1.82, 2.24) is 4.57 Å². The molecule has 0 aliphatic heterocycles. The van der Waals surface area contributed by atoms with Crippen LogP contribution >= 0.6 is 0 Å². The van der Waals surface area contributed by atoms with E-state index in [1.807, 2.05) is 30.3 Å². The van der Waals surface area contributed by atoms with Crippen LogP contribution in [0.2, 0.25) is 0 Å². The topological polar surface area (TPSA) is 45.8 Å². The largest absolute Gasteiger partial charge is 0.304 e. The van der Waals surface area contributed by atoms with Crippen LogP contribution in [0.1, 0.15) is 11.1 Å². The van der Waals surface area contributed by atoms with Gasteiger partial charge in [-0.3, -0.25) is 4.79 Å². The molecule has 4 heteroatoms. The van der Waals surface area contributed by atoms with Crippen molar-refractivity contribution in [3.63, 3.8) is 0 Å². The second-order valence-corrected chi connectivity index (χ2v) is 4.73. The zero-order valence-electron chi connectivity index (χ0n) is 11.1. The van der Waals surface area contributed by atoms with Gasteiger partial charge in [-0.15, -0.1) is 0 Å². The number of aromatic nitrogens is 1. The number of hydrogen-bond donors (Lipinski definition) is 0. The van der Waals surface area contributed by atoms with Crippen LogP contribution < -0.4 is 5.56 Å². The number of nitrogens with zero attached hydrogens (tertiary/aromatic N) is 2. The Morgan fingerprint density at radius 3 is 2.71 bits per heavy atom. The Morgan fingerprint density at radius 1 is 1.10 bits per heavy atom. The molecular formula is C17H11FN2O. The van der Waals surface area contributed by atoms with Gasteiger partial charge < -0.3 is 4.57 Å². The van der Waals surface area contributed by atoms with Gasteiger partial charge >= 0.3 is 0 Å². The molecule has 0 aliphatic rings. The van der Waals surface area contributed by atoms with Crippen molar-refractivity contribution in [3.05, 3.63) is 81.9 Å². The summed E-state index contributed by atoms with van der Waals surface area (Å²) < 4.78 is 15.0. The van der Waals surface area contributed by atoms with E-state index in [9.17, 15) is 9.18 Å². The molecule has 1 heterocycles. The quantitative estimate of drug-likeness (QED) is 0.723. The molecule has 0 radical (unpaired) electrons. The monoisotopic (exact) mass is 278 g/mol. The maximum Gasteiger partial charge on any atom is 0.251 e. The Bertz CT molecular complexity index is 922. The van der Waals surface area contributed by atoms with Gasteiger partial charge in [0.25, 0.3) is 5.56 Å². The lowest BCUT2D eigenvalue weighted by Gasteiger charge is -2.11. The van der Waals surface area contributed by atoms with E-state index in [0.29, 0.717) is 11.1 Å². The van der Waals surface area contributed by atoms with Crippen molar-refractivity contribution in [3.8, 4) is 6.07 Å². The summed E-state index contributed by atoms with van der Waals surface area (Å²) in [5.74, 6) is -0.419. The van der Waals surface area contributed by atoms with Crippen molar-refractivity contribution in [1.29, 1.82) is 5.26 Å². The van der Waals surface area contributed by atoms with E-state index in [-0.39, 0.29) is 12.1 Å². The van der Waals surface area contributed by atoms with E-state index in [2.05, 4.69) is 0 Å². The zero-order chi connectivity index (χ0) is 14.8. The lowest BCUT2D eigenvalue weighted by Crippen LogP contribution is -2.20. The smallest absolute Gasteiger partial charge is 0.251 e. The van der Waals surface area contributed by atoms with Gasteiger partial charge in [0.15, 0.2) is 0 Å². The third kappa shape index (κ3) is 2.41. The van der Waals surface area contributed by atoms with Crippen LogP contribution in [-0.2, 0) is 6.54 Å². The van der Waals surface area contributed by atoms with Crippen LogP contribution in [-0.4, -0.2) is 4.57 Å². The highest BCUT2D eigenvalue weighted by molar-refractivity contribution is 5.78. The third-order valence-corrected chi connectivity index (χ3v) is 3.42. The second-order valence-electron chi connectivity index (χ2n) is 4.73. The average Bonchev–Trinajstić information content (AvgIpc) is 2.50. The first kappa shape index (κ1) is 13.1. The minimum absolute atomic E-state index is 0.167. The van der Waals surface area contributed by atoms with Crippen molar-refractivity contribution in [2.45, 2.75) is 6.54 Å². The molecule has 0 saturated heterocycles. The van der Waals surface area contributed by atoms with E-state index in [1.54, 1.807) is 10.6 Å². The summed E-state index contributed by atoms with van der Waals surface area (Å²) in [4.78, 5) is 12.1. The number of rotatable bonds is 2. The summed E-state index contributed by atoms with van der Waals surface area (Å²) in [5.41, 5.74) is 1.45. The fourth-order valence-corrected chi connectivity index (χ4v) is 2.38. The minimum atomic E-state index is -0.419. The Balaban J connectivity index is 2.19. The van der Waals surface area contributed by atoms with Crippen molar-refractivity contribution < 1.29 is 4.39 Å². The number of fused-ring (bicyclic) bond motifs is 1. The van der Waals surface area contributed by atoms with Crippen molar-refractivity contribution in [2.75, 3.05) is 0 Å². The molecule has 0 atom stereocenters. The summed E-state index contributed by atoms with van der Waals surface area (Å²) in [6, 6.07) is 16.7. The number of hydrogen-bond acceptors (Lipinski definition) is 2. The van der Waals surface area contributed by atoms with Gasteiger partial charge in [0, 0.05) is 6.07 Å². The van der Waals surface area contributed by atoms with Gasteiger partial charge in [-0.05, 0) is 41.3 Å². The lowest BCUT2D eigenvalue weighted by atomic mass is 10.1. The van der Waals surface area contributed by atoms with Crippen LogP contribution in [0.25, 0.3) is 10.9 Å². The molecule has 0 bridgehead atoms. The molecule has 0 fully saturated rings. The standard InChI is InChI=1S/C17H11FN2O/c18-15-7-5-13(10-19)14(9-15)11-20-16-4-2-1-3-12(16)6-8-17(20)21/h1-9H,11H2. The van der Waals surface area contributed by atoms with Crippen LogP contribution in [0.5, 0.6) is 0 Å². The Kier molecular flexibility index (Phi) is 3.25. The number of para-hydroxylation sites is 1. The number of benzene rings is 2. The third-order valence-electron chi connectivity index (χ3n) is 3.42. The van der Waals surface area contributed by atoms with Gasteiger partial charge in [0.05, 0.1) is 23.7 Å². The van der Waals surface area contributed by atoms with Crippen LogP contribution in [0, 0.1) is 17.1 Å².